The second kappa shape index (κ2) is 3.90. The third-order valence-electron chi connectivity index (χ3n) is 3.08. The van der Waals surface area contributed by atoms with Gasteiger partial charge < -0.3 is 4.90 Å². The quantitative estimate of drug-likeness (QED) is 0.703. The average Bonchev–Trinajstić information content (AvgIpc) is 2.61. The van der Waals surface area contributed by atoms with Crippen molar-refractivity contribution in [3.05, 3.63) is 30.1 Å². The van der Waals surface area contributed by atoms with Crippen LogP contribution in [-0.4, -0.2) is 12.6 Å². The van der Waals surface area contributed by atoms with Gasteiger partial charge in [-0.05, 0) is 37.6 Å². The number of nitrogens with zero attached hydrogens (tertiary/aromatic N) is 2. The molecule has 1 aromatic rings. The smallest absolute Gasteiger partial charge is 0.123 e. The van der Waals surface area contributed by atoms with Gasteiger partial charge in [-0.15, -0.1) is 0 Å². The fourth-order valence-corrected chi connectivity index (χ4v) is 2.11. The molecular weight excluding hydrogens is 191 g/mol. The summed E-state index contributed by atoms with van der Waals surface area (Å²) in [4.78, 5) is 2.16. The fourth-order valence-electron chi connectivity index (χ4n) is 2.11. The summed E-state index contributed by atoms with van der Waals surface area (Å²) in [5, 5.41) is 8.91. The number of nitriles is 1. The highest BCUT2D eigenvalue weighted by atomic mass is 19.1. The Morgan fingerprint density at radius 3 is 2.60 bits per heavy atom. The minimum absolute atomic E-state index is 0.0926. The number of rotatable bonds is 1. The van der Waals surface area contributed by atoms with Gasteiger partial charge in [0, 0.05) is 18.3 Å². The topological polar surface area (TPSA) is 27.0 Å². The zero-order chi connectivity index (χ0) is 10.8. The van der Waals surface area contributed by atoms with Crippen molar-refractivity contribution < 1.29 is 4.39 Å². The van der Waals surface area contributed by atoms with Crippen molar-refractivity contribution in [2.45, 2.75) is 19.4 Å². The zero-order valence-electron chi connectivity index (χ0n) is 8.65. The van der Waals surface area contributed by atoms with Gasteiger partial charge in [-0.25, -0.2) is 4.39 Å². The van der Waals surface area contributed by atoms with E-state index in [0.29, 0.717) is 0 Å². The van der Waals surface area contributed by atoms with Crippen LogP contribution >= 0.6 is 0 Å². The van der Waals surface area contributed by atoms with Crippen molar-refractivity contribution >= 4 is 5.69 Å². The summed E-state index contributed by atoms with van der Waals surface area (Å²) < 4.78 is 12.7. The van der Waals surface area contributed by atoms with Crippen LogP contribution in [0.4, 0.5) is 10.1 Å². The third kappa shape index (κ3) is 1.80. The molecule has 2 unspecified atom stereocenters. The molecule has 0 aromatic heterocycles. The Morgan fingerprint density at radius 1 is 1.40 bits per heavy atom. The number of anilines is 1. The maximum atomic E-state index is 12.7. The highest BCUT2D eigenvalue weighted by molar-refractivity contribution is 5.48. The lowest BCUT2D eigenvalue weighted by Crippen LogP contribution is -2.29. The van der Waals surface area contributed by atoms with E-state index < -0.39 is 0 Å². The monoisotopic (exact) mass is 204 g/mol. The molecule has 3 heteroatoms. The van der Waals surface area contributed by atoms with Gasteiger partial charge in [0.2, 0.25) is 0 Å². The Kier molecular flexibility index (Phi) is 2.59. The van der Waals surface area contributed by atoms with Gasteiger partial charge in [-0.1, -0.05) is 0 Å². The Hall–Kier alpha value is -1.56. The lowest BCUT2D eigenvalue weighted by atomic mass is 10.0. The maximum absolute atomic E-state index is 12.7. The Labute approximate surface area is 88.9 Å². The first-order chi connectivity index (χ1) is 7.22. The van der Waals surface area contributed by atoms with Crippen molar-refractivity contribution in [3.8, 4) is 6.07 Å². The van der Waals surface area contributed by atoms with E-state index in [9.17, 15) is 4.39 Å². The molecule has 1 fully saturated rings. The molecule has 1 aliphatic heterocycles. The van der Waals surface area contributed by atoms with Gasteiger partial charge in [-0.3, -0.25) is 0 Å². The van der Waals surface area contributed by atoms with Crippen LogP contribution in [0.3, 0.4) is 0 Å². The molecule has 1 aliphatic rings. The van der Waals surface area contributed by atoms with Gasteiger partial charge >= 0.3 is 0 Å². The largest absolute Gasteiger partial charge is 0.367 e. The molecule has 0 radical (unpaired) electrons. The summed E-state index contributed by atoms with van der Waals surface area (Å²) in [5.74, 6) is -0.127. The molecule has 78 valence electrons. The van der Waals surface area contributed by atoms with E-state index in [2.05, 4.69) is 11.0 Å². The molecule has 0 amide bonds. The SMILES string of the molecule is CC1C(C#N)CCN1c1ccc(F)cc1. The van der Waals surface area contributed by atoms with Gasteiger partial charge in [0.05, 0.1) is 12.0 Å². The third-order valence-corrected chi connectivity index (χ3v) is 3.08. The first kappa shape index (κ1) is 9.97. The molecule has 15 heavy (non-hydrogen) atoms. The normalized spacial score (nSPS) is 25.3. The lowest BCUT2D eigenvalue weighted by Gasteiger charge is -2.24. The minimum atomic E-state index is -0.220. The number of halogens is 1. The summed E-state index contributed by atoms with van der Waals surface area (Å²) in [7, 11) is 0. The highest BCUT2D eigenvalue weighted by Crippen LogP contribution is 2.29. The summed E-state index contributed by atoms with van der Waals surface area (Å²) in [6, 6.07) is 8.99. The van der Waals surface area contributed by atoms with Crippen molar-refractivity contribution in [2.24, 2.45) is 5.92 Å². The van der Waals surface area contributed by atoms with Gasteiger partial charge in [-0.2, -0.15) is 5.26 Å². The number of hydrogen-bond donors (Lipinski definition) is 0. The van der Waals surface area contributed by atoms with E-state index in [-0.39, 0.29) is 17.8 Å². The molecule has 1 saturated heterocycles. The van der Waals surface area contributed by atoms with Crippen molar-refractivity contribution in [2.75, 3.05) is 11.4 Å². The molecule has 2 atom stereocenters. The molecule has 0 spiro atoms. The first-order valence-electron chi connectivity index (χ1n) is 5.14. The molecule has 0 aliphatic carbocycles. The van der Waals surface area contributed by atoms with Crippen molar-refractivity contribution in [1.82, 2.24) is 0 Å². The number of benzene rings is 1. The highest BCUT2D eigenvalue weighted by Gasteiger charge is 2.30. The molecule has 0 N–H and O–H groups in total. The molecular formula is C12H13FN2. The van der Waals surface area contributed by atoms with E-state index in [1.54, 1.807) is 12.1 Å². The minimum Gasteiger partial charge on any atom is -0.367 e. The van der Waals surface area contributed by atoms with Crippen LogP contribution < -0.4 is 4.90 Å². The van der Waals surface area contributed by atoms with Crippen LogP contribution in [0, 0.1) is 23.1 Å². The van der Waals surface area contributed by atoms with E-state index in [0.717, 1.165) is 18.7 Å². The Morgan fingerprint density at radius 2 is 2.07 bits per heavy atom. The van der Waals surface area contributed by atoms with Crippen LogP contribution in [0.1, 0.15) is 13.3 Å². The van der Waals surface area contributed by atoms with Crippen LogP contribution in [0.25, 0.3) is 0 Å². The van der Waals surface area contributed by atoms with Crippen molar-refractivity contribution in [3.63, 3.8) is 0 Å². The second-order valence-corrected chi connectivity index (χ2v) is 3.93. The van der Waals surface area contributed by atoms with E-state index in [1.165, 1.54) is 12.1 Å². The maximum Gasteiger partial charge on any atom is 0.123 e. The lowest BCUT2D eigenvalue weighted by molar-refractivity contribution is 0.612. The van der Waals surface area contributed by atoms with E-state index >= 15 is 0 Å². The summed E-state index contributed by atoms with van der Waals surface area (Å²) in [6.07, 6.45) is 0.898. The van der Waals surface area contributed by atoms with Gasteiger partial charge in [0.15, 0.2) is 0 Å². The first-order valence-corrected chi connectivity index (χ1v) is 5.14. The molecule has 2 nitrogen and oxygen atoms in total. The standard InChI is InChI=1S/C12H13FN2/c1-9-10(8-14)6-7-15(9)12-4-2-11(13)3-5-12/h2-5,9-10H,6-7H2,1H3. The Bertz CT molecular complexity index is 380. The van der Waals surface area contributed by atoms with Crippen LogP contribution in [0.5, 0.6) is 0 Å². The summed E-state index contributed by atoms with van der Waals surface area (Å²) in [5.41, 5.74) is 1.00. The Balaban J connectivity index is 2.19. The van der Waals surface area contributed by atoms with Gasteiger partial charge in [0.25, 0.3) is 0 Å². The van der Waals surface area contributed by atoms with Crippen LogP contribution in [-0.2, 0) is 0 Å². The predicted molar refractivity (Wildman–Crippen MR) is 56.9 cm³/mol. The van der Waals surface area contributed by atoms with Crippen molar-refractivity contribution in [1.29, 1.82) is 5.26 Å². The summed E-state index contributed by atoms with van der Waals surface area (Å²) >= 11 is 0. The van der Waals surface area contributed by atoms with Gasteiger partial charge in [0.1, 0.15) is 5.82 Å². The fraction of sp³-hybridized carbons (Fsp3) is 0.417. The zero-order valence-corrected chi connectivity index (χ0v) is 8.65. The average molecular weight is 204 g/mol. The molecule has 1 heterocycles. The van der Waals surface area contributed by atoms with Crippen LogP contribution in [0.15, 0.2) is 24.3 Å². The van der Waals surface area contributed by atoms with E-state index in [4.69, 9.17) is 5.26 Å². The molecule has 1 aromatic carbocycles. The second-order valence-electron chi connectivity index (χ2n) is 3.93. The van der Waals surface area contributed by atoms with E-state index in [1.807, 2.05) is 6.92 Å². The predicted octanol–water partition coefficient (Wildman–Crippen LogP) is 2.56. The van der Waals surface area contributed by atoms with Crippen LogP contribution in [0.2, 0.25) is 0 Å². The number of hydrogen-bond acceptors (Lipinski definition) is 2. The summed E-state index contributed by atoms with van der Waals surface area (Å²) in [6.45, 7) is 2.93. The molecule has 2 rings (SSSR count). The molecule has 0 bridgehead atoms. The molecule has 0 saturated carbocycles.